The van der Waals surface area contributed by atoms with Crippen molar-refractivity contribution in [1.82, 2.24) is 35.0 Å². The van der Waals surface area contributed by atoms with Gasteiger partial charge in [-0.2, -0.15) is 0 Å². The minimum atomic E-state index is -1.05. The van der Waals surface area contributed by atoms with Gasteiger partial charge in [-0.3, -0.25) is 9.78 Å². The summed E-state index contributed by atoms with van der Waals surface area (Å²) in [6.07, 6.45) is 1.71. The molecule has 3 heterocycles. The predicted molar refractivity (Wildman–Crippen MR) is 123 cm³/mol. The van der Waals surface area contributed by atoms with Crippen LogP contribution in [0.15, 0.2) is 42.7 Å². The molecule has 0 unspecified atom stereocenters. The molecule has 0 saturated heterocycles. The molecule has 1 aliphatic heterocycles. The van der Waals surface area contributed by atoms with E-state index in [0.717, 1.165) is 0 Å². The lowest BCUT2D eigenvalue weighted by molar-refractivity contribution is 0.0436. The fourth-order valence-electron chi connectivity index (χ4n) is 3.86. The molecule has 0 saturated carbocycles. The van der Waals surface area contributed by atoms with E-state index in [9.17, 15) is 14.7 Å². The van der Waals surface area contributed by atoms with Crippen LogP contribution in [0, 0.1) is 5.92 Å². The highest BCUT2D eigenvalue weighted by atomic mass is 16.5. The number of carbonyl (C=O) groups excluding carboxylic acids is 1. The number of carbonyl (C=O) groups is 2. The third-order valence-corrected chi connectivity index (χ3v) is 5.85. The monoisotopic (exact) mass is 465 g/mol. The van der Waals surface area contributed by atoms with Gasteiger partial charge in [0.05, 0.1) is 23.4 Å². The molecule has 1 aromatic carbocycles. The number of benzene rings is 1. The highest BCUT2D eigenvalue weighted by Crippen LogP contribution is 2.36. The van der Waals surface area contributed by atoms with Gasteiger partial charge < -0.3 is 19.6 Å². The van der Waals surface area contributed by atoms with Gasteiger partial charge in [-0.1, -0.05) is 13.0 Å². The fourth-order valence-corrected chi connectivity index (χ4v) is 3.86. The Morgan fingerprint density at radius 2 is 1.94 bits per heavy atom. The number of tetrazole rings is 1. The molecular formula is C23H27N7O4. The van der Waals surface area contributed by atoms with E-state index in [1.807, 2.05) is 20.8 Å². The van der Waals surface area contributed by atoms with Gasteiger partial charge in [-0.25, -0.2) is 4.79 Å². The average Bonchev–Trinajstić information content (AvgIpc) is 3.31. The first-order valence-electron chi connectivity index (χ1n) is 11.0. The summed E-state index contributed by atoms with van der Waals surface area (Å²) in [4.78, 5) is 33.3. The van der Waals surface area contributed by atoms with Crippen molar-refractivity contribution in [1.29, 1.82) is 0 Å². The number of nitrogens with zero attached hydrogens (tertiary/aromatic N) is 7. The summed E-state index contributed by atoms with van der Waals surface area (Å²) in [5.74, 6) is 0.318. The van der Waals surface area contributed by atoms with E-state index in [1.165, 1.54) is 16.7 Å². The van der Waals surface area contributed by atoms with Crippen LogP contribution in [0.4, 0.5) is 4.79 Å². The lowest BCUT2D eigenvalue weighted by Gasteiger charge is -2.37. The minimum absolute atomic E-state index is 0.0481. The zero-order valence-electron chi connectivity index (χ0n) is 19.5. The molecule has 11 heteroatoms. The Morgan fingerprint density at radius 1 is 1.24 bits per heavy atom. The van der Waals surface area contributed by atoms with Crippen LogP contribution in [-0.2, 0) is 0 Å². The van der Waals surface area contributed by atoms with Gasteiger partial charge in [0.15, 0.2) is 0 Å². The van der Waals surface area contributed by atoms with Crippen LogP contribution in [0.2, 0.25) is 0 Å². The highest BCUT2D eigenvalue weighted by Gasteiger charge is 2.34. The van der Waals surface area contributed by atoms with Crippen molar-refractivity contribution in [2.75, 3.05) is 20.1 Å². The van der Waals surface area contributed by atoms with Crippen LogP contribution < -0.4 is 4.74 Å². The van der Waals surface area contributed by atoms with Gasteiger partial charge >= 0.3 is 6.09 Å². The number of hydrogen-bond donors (Lipinski definition) is 1. The summed E-state index contributed by atoms with van der Waals surface area (Å²) in [6.45, 7) is 6.44. The zero-order chi connectivity index (χ0) is 24.4. The molecule has 0 aliphatic carbocycles. The second kappa shape index (κ2) is 9.46. The third kappa shape index (κ3) is 4.54. The molecule has 0 radical (unpaired) electrons. The van der Waals surface area contributed by atoms with Crippen LogP contribution >= 0.6 is 0 Å². The molecular weight excluding hydrogens is 438 g/mol. The second-order valence-electron chi connectivity index (χ2n) is 8.64. The van der Waals surface area contributed by atoms with E-state index in [-0.39, 0.29) is 30.2 Å². The van der Waals surface area contributed by atoms with Crippen molar-refractivity contribution >= 4 is 12.0 Å². The van der Waals surface area contributed by atoms with Crippen molar-refractivity contribution in [3.05, 3.63) is 48.3 Å². The standard InChI is InChI=1S/C23H27N7O4/c1-14(2)29-12-15(3)19(13-28(4)23(32)33)34-20-17(6-5-7-18(20)22(29)31)21-25-27-30(26-21)16-8-10-24-11-9-16/h5-11,14-15,19H,12-13H2,1-4H3,(H,32,33)/t15-,19+/m0/s1. The summed E-state index contributed by atoms with van der Waals surface area (Å²) in [7, 11) is 1.50. The Bertz CT molecular complexity index is 1180. The molecule has 11 nitrogen and oxygen atoms in total. The summed E-state index contributed by atoms with van der Waals surface area (Å²) < 4.78 is 6.39. The Morgan fingerprint density at radius 3 is 2.62 bits per heavy atom. The predicted octanol–water partition coefficient (Wildman–Crippen LogP) is 2.58. The van der Waals surface area contributed by atoms with Gasteiger partial charge in [-0.15, -0.1) is 15.0 Å². The van der Waals surface area contributed by atoms with Crippen molar-refractivity contribution in [3.63, 3.8) is 0 Å². The van der Waals surface area contributed by atoms with Crippen molar-refractivity contribution in [3.8, 4) is 22.8 Å². The largest absolute Gasteiger partial charge is 0.487 e. The fraction of sp³-hybridized carbons (Fsp3) is 0.391. The average molecular weight is 466 g/mol. The number of para-hydroxylation sites is 1. The molecule has 178 valence electrons. The lowest BCUT2D eigenvalue weighted by Crippen LogP contribution is -2.49. The number of amides is 2. The number of likely N-dealkylation sites (N-methyl/N-ethyl adjacent to an activating group) is 1. The Balaban J connectivity index is 1.80. The second-order valence-corrected chi connectivity index (χ2v) is 8.64. The molecule has 0 fully saturated rings. The lowest BCUT2D eigenvalue weighted by atomic mass is 9.98. The van der Waals surface area contributed by atoms with Crippen LogP contribution in [-0.4, -0.2) is 84.4 Å². The van der Waals surface area contributed by atoms with Crippen molar-refractivity contribution in [2.45, 2.75) is 32.9 Å². The van der Waals surface area contributed by atoms with Gasteiger partial charge in [0.1, 0.15) is 11.9 Å². The van der Waals surface area contributed by atoms with Crippen molar-refractivity contribution in [2.24, 2.45) is 5.92 Å². The van der Waals surface area contributed by atoms with E-state index in [4.69, 9.17) is 4.74 Å². The van der Waals surface area contributed by atoms with Crippen LogP contribution in [0.3, 0.4) is 0 Å². The Labute approximate surface area is 197 Å². The van der Waals surface area contributed by atoms with E-state index < -0.39 is 12.2 Å². The van der Waals surface area contributed by atoms with Crippen LogP contribution in [0.5, 0.6) is 5.75 Å². The topological polar surface area (TPSA) is 127 Å². The first-order valence-corrected chi connectivity index (χ1v) is 11.0. The maximum atomic E-state index is 13.5. The SMILES string of the molecule is CC(C)N1C[C@H](C)[C@@H](CN(C)C(=O)O)Oc2c(cccc2-c2nnn(-c3ccncc3)n2)C1=O. The highest BCUT2D eigenvalue weighted by molar-refractivity contribution is 5.99. The smallest absolute Gasteiger partial charge is 0.407 e. The molecule has 1 aliphatic rings. The number of fused-ring (bicyclic) bond motifs is 1. The number of pyridine rings is 1. The molecule has 2 atom stereocenters. The Kier molecular flexibility index (Phi) is 6.44. The quantitative estimate of drug-likeness (QED) is 0.609. The molecule has 2 aromatic heterocycles. The first-order chi connectivity index (χ1) is 16.3. The number of aromatic nitrogens is 5. The summed E-state index contributed by atoms with van der Waals surface area (Å²) in [6, 6.07) is 8.68. The molecule has 3 aromatic rings. The minimum Gasteiger partial charge on any atom is -0.487 e. The molecule has 0 bridgehead atoms. The van der Waals surface area contributed by atoms with E-state index >= 15 is 0 Å². The summed E-state index contributed by atoms with van der Waals surface area (Å²) >= 11 is 0. The number of hydrogen-bond acceptors (Lipinski definition) is 7. The van der Waals surface area contributed by atoms with Gasteiger partial charge in [0, 0.05) is 37.9 Å². The molecule has 4 rings (SSSR count). The number of carboxylic acid groups (broad SMARTS) is 1. The van der Waals surface area contributed by atoms with Crippen LogP contribution in [0.25, 0.3) is 17.1 Å². The number of rotatable bonds is 5. The van der Waals surface area contributed by atoms with Gasteiger partial charge in [0.25, 0.3) is 5.91 Å². The van der Waals surface area contributed by atoms with Gasteiger partial charge in [-0.05, 0) is 43.3 Å². The molecule has 1 N–H and O–H groups in total. The van der Waals surface area contributed by atoms with E-state index in [2.05, 4.69) is 20.4 Å². The van der Waals surface area contributed by atoms with E-state index in [0.29, 0.717) is 29.1 Å². The number of ether oxygens (including phenoxy) is 1. The van der Waals surface area contributed by atoms with Crippen molar-refractivity contribution < 1.29 is 19.4 Å². The normalized spacial score (nSPS) is 18.1. The first kappa shape index (κ1) is 23.1. The zero-order valence-corrected chi connectivity index (χ0v) is 19.5. The third-order valence-electron chi connectivity index (χ3n) is 5.85. The van der Waals surface area contributed by atoms with E-state index in [1.54, 1.807) is 47.6 Å². The van der Waals surface area contributed by atoms with Crippen LogP contribution in [0.1, 0.15) is 31.1 Å². The molecule has 0 spiro atoms. The van der Waals surface area contributed by atoms with Gasteiger partial charge in [0.2, 0.25) is 5.82 Å². The maximum Gasteiger partial charge on any atom is 0.407 e. The molecule has 34 heavy (non-hydrogen) atoms. The Hall–Kier alpha value is -4.02. The summed E-state index contributed by atoms with van der Waals surface area (Å²) in [5.41, 5.74) is 1.57. The molecule has 2 amide bonds. The maximum absolute atomic E-state index is 13.5. The summed E-state index contributed by atoms with van der Waals surface area (Å²) in [5, 5.41) is 22.2.